The largest absolute Gasteiger partial charge is 0.454 e. The lowest BCUT2D eigenvalue weighted by Gasteiger charge is -2.25. The van der Waals surface area contributed by atoms with Crippen molar-refractivity contribution in [2.45, 2.75) is 19.4 Å². The summed E-state index contributed by atoms with van der Waals surface area (Å²) >= 11 is 0. The number of hydrogen-bond acceptors (Lipinski definition) is 4. The molecule has 0 unspecified atom stereocenters. The summed E-state index contributed by atoms with van der Waals surface area (Å²) in [7, 11) is 0. The number of nitrogens with one attached hydrogen (secondary N) is 1. The molecule has 2 heterocycles. The molecule has 1 amide bonds. The number of pyridine rings is 1. The van der Waals surface area contributed by atoms with Gasteiger partial charge in [-0.05, 0) is 47.9 Å². The number of cyclic esters (lactones) is 1. The van der Waals surface area contributed by atoms with E-state index in [-0.39, 0.29) is 18.0 Å². The summed E-state index contributed by atoms with van der Waals surface area (Å²) in [6.07, 6.45) is 1.89. The molecule has 1 atom stereocenters. The number of amides is 1. The van der Waals surface area contributed by atoms with Crippen molar-refractivity contribution < 1.29 is 14.3 Å². The number of fused-ring (bicyclic) bond motifs is 1. The zero-order valence-electron chi connectivity index (χ0n) is 14.8. The minimum atomic E-state index is -0.364. The molecule has 1 aliphatic heterocycles. The second-order valence-electron chi connectivity index (χ2n) is 6.56. The quantitative estimate of drug-likeness (QED) is 0.716. The number of benzene rings is 2. The molecule has 0 fully saturated rings. The number of aryl methyl sites for hydroxylation is 1. The topological polar surface area (TPSA) is 68.3 Å². The van der Waals surface area contributed by atoms with E-state index in [2.05, 4.69) is 10.3 Å². The molecular weight excluding hydrogens is 340 g/mol. The molecule has 0 radical (unpaired) electrons. The summed E-state index contributed by atoms with van der Waals surface area (Å²) in [5.74, 6) is -0.133. The van der Waals surface area contributed by atoms with Crippen molar-refractivity contribution in [3.05, 3.63) is 94.7 Å². The number of ether oxygens (including phenoxy) is 1. The zero-order valence-corrected chi connectivity index (χ0v) is 14.8. The first-order valence-electron chi connectivity index (χ1n) is 8.73. The lowest BCUT2D eigenvalue weighted by molar-refractivity contribution is 0.0252. The maximum absolute atomic E-state index is 12.6. The van der Waals surface area contributed by atoms with Gasteiger partial charge < -0.3 is 10.1 Å². The third-order valence-corrected chi connectivity index (χ3v) is 4.57. The Morgan fingerprint density at radius 2 is 1.93 bits per heavy atom. The van der Waals surface area contributed by atoms with Crippen LogP contribution in [0.1, 0.15) is 43.5 Å². The van der Waals surface area contributed by atoms with Gasteiger partial charge in [0.15, 0.2) is 0 Å². The highest BCUT2D eigenvalue weighted by atomic mass is 16.5. The van der Waals surface area contributed by atoms with Gasteiger partial charge in [0, 0.05) is 18.2 Å². The molecule has 5 heteroatoms. The molecule has 27 heavy (non-hydrogen) atoms. The van der Waals surface area contributed by atoms with Crippen LogP contribution in [0.3, 0.4) is 0 Å². The maximum Gasteiger partial charge on any atom is 0.339 e. The number of esters is 1. The Morgan fingerprint density at radius 3 is 2.67 bits per heavy atom. The Labute approximate surface area is 157 Å². The molecule has 1 N–H and O–H groups in total. The minimum absolute atomic E-state index is 0.260. The van der Waals surface area contributed by atoms with Gasteiger partial charge in [-0.3, -0.25) is 4.79 Å². The van der Waals surface area contributed by atoms with Gasteiger partial charge in [0.1, 0.15) is 11.9 Å². The normalized spacial score (nSPS) is 15.6. The summed E-state index contributed by atoms with van der Waals surface area (Å²) in [4.78, 5) is 29.1. The first-order valence-corrected chi connectivity index (χ1v) is 8.73. The molecule has 0 saturated heterocycles. The molecule has 1 aliphatic rings. The molecule has 0 aliphatic carbocycles. The predicted molar refractivity (Wildman–Crippen MR) is 102 cm³/mol. The molecular formula is C22H18N2O3. The number of aromatic nitrogens is 1. The molecule has 4 rings (SSSR count). The van der Waals surface area contributed by atoms with Gasteiger partial charge in [0.2, 0.25) is 0 Å². The van der Waals surface area contributed by atoms with Crippen molar-refractivity contribution in [2.24, 2.45) is 0 Å². The lowest BCUT2D eigenvalue weighted by Crippen LogP contribution is -2.23. The fraction of sp³-hybridized carbons (Fsp3) is 0.136. The van der Waals surface area contributed by atoms with E-state index >= 15 is 0 Å². The zero-order chi connectivity index (χ0) is 18.8. The number of hydrogen-bond donors (Lipinski definition) is 1. The van der Waals surface area contributed by atoms with Crippen LogP contribution in [0.15, 0.2) is 66.9 Å². The summed E-state index contributed by atoms with van der Waals surface area (Å²) in [5.41, 5.74) is 3.76. The van der Waals surface area contributed by atoms with Gasteiger partial charge in [-0.1, -0.05) is 36.4 Å². The average molecular weight is 358 g/mol. The molecule has 0 saturated carbocycles. The number of nitrogens with zero attached hydrogens (tertiary/aromatic N) is 1. The van der Waals surface area contributed by atoms with Crippen LogP contribution >= 0.6 is 0 Å². The smallest absolute Gasteiger partial charge is 0.339 e. The Bertz CT molecular complexity index is 998. The number of anilines is 1. The number of carbonyl (C=O) groups is 2. The second-order valence-corrected chi connectivity index (χ2v) is 6.56. The number of carbonyl (C=O) groups excluding carboxylic acids is 2. The summed E-state index contributed by atoms with van der Waals surface area (Å²) in [6.45, 7) is 1.93. The van der Waals surface area contributed by atoms with Gasteiger partial charge in [0.25, 0.3) is 5.91 Å². The van der Waals surface area contributed by atoms with Gasteiger partial charge in [-0.25, -0.2) is 9.78 Å². The van der Waals surface area contributed by atoms with Gasteiger partial charge in [0.05, 0.1) is 5.56 Å². The molecule has 134 valence electrons. The fourth-order valence-corrected chi connectivity index (χ4v) is 3.12. The first kappa shape index (κ1) is 17.0. The summed E-state index contributed by atoms with van der Waals surface area (Å²) in [6, 6.07) is 18.3. The van der Waals surface area contributed by atoms with Crippen LogP contribution in [0.5, 0.6) is 0 Å². The number of rotatable bonds is 3. The highest BCUT2D eigenvalue weighted by molar-refractivity contribution is 6.04. The maximum atomic E-state index is 12.6. The Kier molecular flexibility index (Phi) is 4.42. The van der Waals surface area contributed by atoms with Gasteiger partial charge >= 0.3 is 5.97 Å². The van der Waals surface area contributed by atoms with Crippen molar-refractivity contribution >= 4 is 17.7 Å². The monoisotopic (exact) mass is 358 g/mol. The van der Waals surface area contributed by atoms with Crippen molar-refractivity contribution in [1.82, 2.24) is 4.98 Å². The second kappa shape index (κ2) is 7.03. The van der Waals surface area contributed by atoms with Crippen LogP contribution < -0.4 is 5.32 Å². The van der Waals surface area contributed by atoms with Crippen molar-refractivity contribution in [1.29, 1.82) is 0 Å². The molecule has 0 bridgehead atoms. The highest BCUT2D eigenvalue weighted by Crippen LogP contribution is 2.31. The molecule has 1 aromatic heterocycles. The summed E-state index contributed by atoms with van der Waals surface area (Å²) in [5, 5.41) is 2.78. The first-order chi connectivity index (χ1) is 13.1. The van der Waals surface area contributed by atoms with Crippen LogP contribution in [-0.2, 0) is 11.2 Å². The van der Waals surface area contributed by atoms with Crippen LogP contribution in [0, 0.1) is 6.92 Å². The standard InChI is InChI=1S/C22H18N2O3/c1-14-7-10-20(23-13-14)24-21(25)16-8-9-18-17(11-16)12-19(27-22(18)26)15-5-3-2-4-6-15/h2-11,13,19H,12H2,1H3,(H,23,24,25)/t19-/m0/s1. The van der Waals surface area contributed by atoms with E-state index in [4.69, 9.17) is 4.74 Å². The predicted octanol–water partition coefficient (Wildman–Crippen LogP) is 4.10. The van der Waals surface area contributed by atoms with Gasteiger partial charge in [-0.2, -0.15) is 0 Å². The highest BCUT2D eigenvalue weighted by Gasteiger charge is 2.28. The van der Waals surface area contributed by atoms with Crippen molar-refractivity contribution in [2.75, 3.05) is 5.32 Å². The molecule has 5 nitrogen and oxygen atoms in total. The fourth-order valence-electron chi connectivity index (χ4n) is 3.12. The van der Waals surface area contributed by atoms with Crippen LogP contribution in [0.4, 0.5) is 5.82 Å². The van der Waals surface area contributed by atoms with E-state index in [1.54, 1.807) is 30.5 Å². The van der Waals surface area contributed by atoms with E-state index in [0.29, 0.717) is 23.4 Å². The van der Waals surface area contributed by atoms with Crippen molar-refractivity contribution in [3.63, 3.8) is 0 Å². The lowest BCUT2D eigenvalue weighted by atomic mass is 9.93. The molecule has 0 spiro atoms. The van der Waals surface area contributed by atoms with Crippen molar-refractivity contribution in [3.8, 4) is 0 Å². The third kappa shape index (κ3) is 3.58. The van der Waals surface area contributed by atoms with E-state index in [1.165, 1.54) is 0 Å². The molecule has 3 aromatic rings. The van der Waals surface area contributed by atoms with Crippen LogP contribution in [0.25, 0.3) is 0 Å². The van der Waals surface area contributed by atoms with Crippen LogP contribution in [-0.4, -0.2) is 16.9 Å². The van der Waals surface area contributed by atoms with E-state index < -0.39 is 0 Å². The van der Waals surface area contributed by atoms with Gasteiger partial charge in [-0.15, -0.1) is 0 Å². The van der Waals surface area contributed by atoms with Crippen LogP contribution in [0.2, 0.25) is 0 Å². The van der Waals surface area contributed by atoms with E-state index in [0.717, 1.165) is 16.7 Å². The Morgan fingerprint density at radius 1 is 1.11 bits per heavy atom. The minimum Gasteiger partial charge on any atom is -0.454 e. The SMILES string of the molecule is Cc1ccc(NC(=O)c2ccc3c(c2)C[C@@H](c2ccccc2)OC3=O)nc1. The Hall–Kier alpha value is -3.47. The third-order valence-electron chi connectivity index (χ3n) is 4.57. The average Bonchev–Trinajstić information content (AvgIpc) is 2.70. The summed E-state index contributed by atoms with van der Waals surface area (Å²) < 4.78 is 5.56. The van der Waals surface area contributed by atoms with E-state index in [9.17, 15) is 9.59 Å². The molecule has 2 aromatic carbocycles. The van der Waals surface area contributed by atoms with E-state index in [1.807, 2.05) is 43.3 Å². The Balaban J connectivity index is 1.58.